The number of azo groups is 2. The van der Waals surface area contributed by atoms with Crippen molar-refractivity contribution < 1.29 is 20.4 Å². The van der Waals surface area contributed by atoms with E-state index < -0.39 is 11.4 Å². The van der Waals surface area contributed by atoms with E-state index in [1.165, 1.54) is 48.5 Å². The molecule has 0 aliphatic heterocycles. The first-order valence-corrected chi connectivity index (χ1v) is 11.0. The van der Waals surface area contributed by atoms with Crippen molar-refractivity contribution in [1.29, 1.82) is 0 Å². The number of H-pyrrole nitrogens is 4. The van der Waals surface area contributed by atoms with Crippen LogP contribution in [0.3, 0.4) is 0 Å². The van der Waals surface area contributed by atoms with Gasteiger partial charge in [0.05, 0.1) is 44.2 Å². The van der Waals surface area contributed by atoms with Gasteiger partial charge in [0, 0.05) is 12.1 Å². The molecule has 0 amide bonds. The van der Waals surface area contributed by atoms with Gasteiger partial charge in [-0.1, -0.05) is 0 Å². The molecule has 8 N–H and O–H groups in total. The number of nitrogens with zero attached hydrogens (tertiary/aromatic N) is 4. The highest BCUT2D eigenvalue weighted by atomic mass is 16.3. The first-order valence-electron chi connectivity index (χ1n) is 11.0. The number of hydrogen-bond acceptors (Lipinski definition) is 10. The van der Waals surface area contributed by atoms with E-state index >= 15 is 0 Å². The average Bonchev–Trinajstić information content (AvgIpc) is 3.42. The van der Waals surface area contributed by atoms with Crippen LogP contribution in [0.15, 0.2) is 78.6 Å². The second-order valence-corrected chi connectivity index (χ2v) is 8.29. The molecule has 0 atom stereocenters. The molecular formula is C24H16N8O6. The monoisotopic (exact) mass is 512 g/mol. The Morgan fingerprint density at radius 2 is 0.789 bits per heavy atom. The van der Waals surface area contributed by atoms with Crippen molar-refractivity contribution >= 4 is 55.6 Å². The molecule has 2 heterocycles. The summed E-state index contributed by atoms with van der Waals surface area (Å²) in [6, 6.07) is 11.0. The van der Waals surface area contributed by atoms with E-state index in [9.17, 15) is 30.0 Å². The van der Waals surface area contributed by atoms with Crippen LogP contribution < -0.4 is 11.4 Å². The largest absolute Gasteiger partial charge is 0.507 e. The maximum atomic E-state index is 11.5. The third-order valence-electron chi connectivity index (χ3n) is 5.83. The van der Waals surface area contributed by atoms with Crippen molar-refractivity contribution in [3.63, 3.8) is 0 Å². The maximum absolute atomic E-state index is 11.5. The normalized spacial score (nSPS) is 12.1. The van der Waals surface area contributed by atoms with Crippen molar-refractivity contribution in [2.24, 2.45) is 20.5 Å². The minimum atomic E-state index is -0.445. The summed E-state index contributed by atoms with van der Waals surface area (Å²) >= 11 is 0. The van der Waals surface area contributed by atoms with Gasteiger partial charge in [0.25, 0.3) is 0 Å². The van der Waals surface area contributed by atoms with E-state index in [-0.39, 0.29) is 56.5 Å². The fourth-order valence-corrected chi connectivity index (χ4v) is 4.09. The maximum Gasteiger partial charge on any atom is 0.323 e. The molecule has 0 aliphatic carbocycles. The highest BCUT2D eigenvalue weighted by Crippen LogP contribution is 2.45. The number of hydrogen-bond donors (Lipinski definition) is 8. The Morgan fingerprint density at radius 3 is 1.18 bits per heavy atom. The molecule has 38 heavy (non-hydrogen) atoms. The molecule has 4 aromatic carbocycles. The van der Waals surface area contributed by atoms with Crippen LogP contribution in [0.1, 0.15) is 0 Å². The Labute approximate surface area is 209 Å². The minimum absolute atomic E-state index is 0.0537. The van der Waals surface area contributed by atoms with Crippen LogP contribution in [0.2, 0.25) is 0 Å². The summed E-state index contributed by atoms with van der Waals surface area (Å²) < 4.78 is 0. The molecule has 0 fully saturated rings. The van der Waals surface area contributed by atoms with Gasteiger partial charge >= 0.3 is 11.4 Å². The summed E-state index contributed by atoms with van der Waals surface area (Å²) in [5.41, 5.74) is 1.10. The van der Waals surface area contributed by atoms with Gasteiger partial charge in [0.2, 0.25) is 0 Å². The van der Waals surface area contributed by atoms with Gasteiger partial charge in [0.15, 0.2) is 0 Å². The second-order valence-electron chi connectivity index (χ2n) is 8.29. The highest BCUT2D eigenvalue weighted by molar-refractivity contribution is 6.07. The van der Waals surface area contributed by atoms with E-state index in [0.29, 0.717) is 22.1 Å². The van der Waals surface area contributed by atoms with Crippen molar-refractivity contribution in [3.8, 4) is 23.0 Å². The van der Waals surface area contributed by atoms with Gasteiger partial charge in [-0.2, -0.15) is 0 Å². The van der Waals surface area contributed by atoms with Crippen LogP contribution in [-0.4, -0.2) is 40.4 Å². The van der Waals surface area contributed by atoms with Crippen LogP contribution in [0.5, 0.6) is 23.0 Å². The number of benzene rings is 4. The van der Waals surface area contributed by atoms with Gasteiger partial charge in [-0.15, -0.1) is 20.5 Å². The first-order chi connectivity index (χ1) is 18.3. The summed E-state index contributed by atoms with van der Waals surface area (Å²) in [5.74, 6) is -0.933. The van der Waals surface area contributed by atoms with Gasteiger partial charge in [-0.05, 0) is 36.4 Å². The zero-order valence-electron chi connectivity index (χ0n) is 19.0. The molecule has 0 saturated heterocycles. The first kappa shape index (κ1) is 22.5. The second kappa shape index (κ2) is 8.34. The molecule has 6 rings (SSSR count). The molecule has 2 aromatic heterocycles. The lowest BCUT2D eigenvalue weighted by Gasteiger charge is -2.08. The molecule has 0 unspecified atom stereocenters. The Balaban J connectivity index is 1.44. The fourth-order valence-electron chi connectivity index (χ4n) is 4.09. The lowest BCUT2D eigenvalue weighted by molar-refractivity contribution is 0.475. The van der Waals surface area contributed by atoms with E-state index in [2.05, 4.69) is 40.4 Å². The van der Waals surface area contributed by atoms with Crippen molar-refractivity contribution in [2.75, 3.05) is 0 Å². The Bertz CT molecular complexity index is 1930. The van der Waals surface area contributed by atoms with Crippen molar-refractivity contribution in [3.05, 3.63) is 69.5 Å². The molecule has 0 radical (unpaired) electrons. The van der Waals surface area contributed by atoms with E-state index in [1.807, 2.05) is 0 Å². The number of nitrogens with one attached hydrogen (secondary N) is 4. The molecular weight excluding hydrogens is 496 g/mol. The van der Waals surface area contributed by atoms with Gasteiger partial charge in [-0.25, -0.2) is 9.59 Å². The number of phenols is 4. The minimum Gasteiger partial charge on any atom is -0.507 e. The molecule has 0 bridgehead atoms. The van der Waals surface area contributed by atoms with Crippen LogP contribution >= 0.6 is 0 Å². The number of phenolic OH excluding ortho intramolecular Hbond substituents is 4. The number of fused-ring (bicyclic) bond motifs is 3. The number of rotatable bonds is 4. The standard InChI is InChI=1S/C24H16N8O6/c33-17-3-1-9(29-31-15-5-11-13(7-19(15)35)27-23(37)25-11)21-18(34)4-2-10(22(17)21)30-32-16-6-12-14(8-20(16)36)28-24(38)26-12/h1-8,33-36H,(H2,25,27,37)(H2,26,28,38). The van der Waals surface area contributed by atoms with E-state index in [1.54, 1.807) is 0 Å². The zero-order valence-corrected chi connectivity index (χ0v) is 19.0. The topological polar surface area (TPSA) is 228 Å². The summed E-state index contributed by atoms with van der Waals surface area (Å²) in [6.45, 7) is 0. The quantitative estimate of drug-likeness (QED) is 0.154. The van der Waals surface area contributed by atoms with Crippen molar-refractivity contribution in [2.45, 2.75) is 0 Å². The number of aromatic hydroxyl groups is 4. The molecule has 6 aromatic rings. The number of aromatic nitrogens is 4. The predicted molar refractivity (Wildman–Crippen MR) is 137 cm³/mol. The smallest absolute Gasteiger partial charge is 0.323 e. The fraction of sp³-hybridized carbons (Fsp3) is 0. The van der Waals surface area contributed by atoms with E-state index in [4.69, 9.17) is 0 Å². The number of imidazole rings is 2. The highest BCUT2D eigenvalue weighted by Gasteiger charge is 2.15. The van der Waals surface area contributed by atoms with Gasteiger partial charge < -0.3 is 40.4 Å². The lowest BCUT2D eigenvalue weighted by Crippen LogP contribution is -1.99. The van der Waals surface area contributed by atoms with Gasteiger partial charge in [-0.3, -0.25) is 0 Å². The summed E-state index contributed by atoms with van der Waals surface area (Å²) in [5, 5.41) is 58.3. The van der Waals surface area contributed by atoms with Crippen LogP contribution in [-0.2, 0) is 0 Å². The molecule has 188 valence electrons. The summed E-state index contributed by atoms with van der Waals surface area (Å²) in [7, 11) is 0. The van der Waals surface area contributed by atoms with Crippen LogP contribution in [0.25, 0.3) is 32.8 Å². The zero-order chi connectivity index (χ0) is 26.6. The third kappa shape index (κ3) is 3.78. The SMILES string of the molecule is O=c1[nH]c2cc(O)c(N=Nc3ccc(O)c4c(N=Nc5cc6[nH]c(=O)[nH]c6cc5O)ccc(O)c34)cc2[nH]1. The Kier molecular flexibility index (Phi) is 4.94. The van der Waals surface area contributed by atoms with Crippen molar-refractivity contribution in [1.82, 2.24) is 19.9 Å². The third-order valence-corrected chi connectivity index (χ3v) is 5.83. The molecule has 14 heteroatoms. The van der Waals surface area contributed by atoms with Crippen LogP contribution in [0, 0.1) is 0 Å². The Hall–Kier alpha value is -5.92. The van der Waals surface area contributed by atoms with Gasteiger partial charge in [0.1, 0.15) is 34.4 Å². The molecule has 14 nitrogen and oxygen atoms in total. The summed E-state index contributed by atoms with van der Waals surface area (Å²) in [4.78, 5) is 33.2. The van der Waals surface area contributed by atoms with E-state index in [0.717, 1.165) is 0 Å². The predicted octanol–water partition coefficient (Wildman–Crippen LogP) is 4.83. The average molecular weight is 512 g/mol. The molecule has 0 saturated carbocycles. The Morgan fingerprint density at radius 1 is 0.447 bits per heavy atom. The number of aromatic amines is 4. The summed E-state index contributed by atoms with van der Waals surface area (Å²) in [6.07, 6.45) is 0. The lowest BCUT2D eigenvalue weighted by atomic mass is 10.0. The van der Waals surface area contributed by atoms with Crippen LogP contribution in [0.4, 0.5) is 22.7 Å². The molecule has 0 spiro atoms. The molecule has 0 aliphatic rings.